The molecule has 4 nitrogen and oxygen atoms in total. The van der Waals surface area contributed by atoms with Crippen molar-refractivity contribution < 1.29 is 8.83 Å². The Kier molecular flexibility index (Phi) is 7.43. The van der Waals surface area contributed by atoms with Crippen molar-refractivity contribution in [2.24, 2.45) is 0 Å². The van der Waals surface area contributed by atoms with Crippen molar-refractivity contribution in [2.45, 2.75) is 0 Å². The van der Waals surface area contributed by atoms with Gasteiger partial charge in [0.05, 0.1) is 5.56 Å². The molecule has 0 fully saturated rings. The van der Waals surface area contributed by atoms with E-state index < -0.39 is 0 Å². The van der Waals surface area contributed by atoms with E-state index in [1.165, 1.54) is 22.3 Å². The summed E-state index contributed by atoms with van der Waals surface area (Å²) in [4.78, 5) is 7.33. The third kappa shape index (κ3) is 5.54. The van der Waals surface area contributed by atoms with Gasteiger partial charge in [-0.25, -0.2) is 4.98 Å². The number of anilines is 3. The molecule has 0 unspecified atom stereocenters. The number of nitrogens with zero attached hydrogens (tertiary/aromatic N) is 2. The van der Waals surface area contributed by atoms with Gasteiger partial charge in [-0.15, -0.1) is 0 Å². The van der Waals surface area contributed by atoms with E-state index in [2.05, 4.69) is 138 Å². The van der Waals surface area contributed by atoms with Crippen LogP contribution in [0.15, 0.2) is 203 Å². The van der Waals surface area contributed by atoms with E-state index in [0.717, 1.165) is 66.8 Å². The maximum atomic E-state index is 6.56. The van der Waals surface area contributed by atoms with Crippen LogP contribution in [0.25, 0.3) is 77.9 Å². The van der Waals surface area contributed by atoms with E-state index >= 15 is 0 Å². The lowest BCUT2D eigenvalue weighted by Gasteiger charge is -2.26. The first-order chi connectivity index (χ1) is 26.3. The molecule has 0 aliphatic carbocycles. The van der Waals surface area contributed by atoms with Crippen LogP contribution in [-0.2, 0) is 0 Å². The highest BCUT2D eigenvalue weighted by Gasteiger charge is 2.22. The van der Waals surface area contributed by atoms with Gasteiger partial charge in [-0.3, -0.25) is 0 Å². The molecular formula is C49H32N2O2. The van der Waals surface area contributed by atoms with Gasteiger partial charge in [0.1, 0.15) is 16.7 Å². The predicted octanol–water partition coefficient (Wildman–Crippen LogP) is 13.9. The molecule has 0 saturated heterocycles. The van der Waals surface area contributed by atoms with Crippen molar-refractivity contribution in [3.63, 3.8) is 0 Å². The van der Waals surface area contributed by atoms with E-state index in [1.54, 1.807) is 0 Å². The third-order valence-electron chi connectivity index (χ3n) is 9.93. The van der Waals surface area contributed by atoms with Crippen molar-refractivity contribution in [3.05, 3.63) is 194 Å². The van der Waals surface area contributed by atoms with Gasteiger partial charge < -0.3 is 13.7 Å². The first-order valence-electron chi connectivity index (χ1n) is 17.8. The number of rotatable bonds is 7. The van der Waals surface area contributed by atoms with E-state index in [9.17, 15) is 0 Å². The smallest absolute Gasteiger partial charge is 0.227 e. The summed E-state index contributed by atoms with van der Waals surface area (Å²) in [5.41, 5.74) is 13.9. The number of hydrogen-bond acceptors (Lipinski definition) is 4. The van der Waals surface area contributed by atoms with E-state index in [1.807, 2.05) is 60.7 Å². The average Bonchev–Trinajstić information content (AvgIpc) is 3.83. The number of hydrogen-bond donors (Lipinski definition) is 0. The molecule has 250 valence electrons. The molecule has 0 aliphatic heterocycles. The Morgan fingerprint density at radius 1 is 0.358 bits per heavy atom. The molecule has 8 aromatic carbocycles. The minimum Gasteiger partial charge on any atom is -0.455 e. The molecule has 4 heteroatoms. The van der Waals surface area contributed by atoms with E-state index in [4.69, 9.17) is 13.8 Å². The molecule has 0 aliphatic rings. The molecule has 2 aromatic heterocycles. The minimum absolute atomic E-state index is 0.585. The van der Waals surface area contributed by atoms with Crippen LogP contribution in [-0.4, -0.2) is 4.98 Å². The molecule has 0 saturated carbocycles. The zero-order valence-electron chi connectivity index (χ0n) is 28.7. The molecule has 2 heterocycles. The van der Waals surface area contributed by atoms with Crippen molar-refractivity contribution in [2.75, 3.05) is 4.90 Å². The van der Waals surface area contributed by atoms with Crippen LogP contribution in [0, 0.1) is 0 Å². The number of oxazole rings is 1. The zero-order chi connectivity index (χ0) is 35.1. The van der Waals surface area contributed by atoms with Gasteiger partial charge in [-0.2, -0.15) is 0 Å². The van der Waals surface area contributed by atoms with Crippen LogP contribution >= 0.6 is 0 Å². The lowest BCUT2D eigenvalue weighted by atomic mass is 9.99. The summed E-state index contributed by atoms with van der Waals surface area (Å²) in [7, 11) is 0. The van der Waals surface area contributed by atoms with Crippen LogP contribution < -0.4 is 4.90 Å². The first kappa shape index (κ1) is 30.6. The van der Waals surface area contributed by atoms with Crippen LogP contribution in [0.4, 0.5) is 17.1 Å². The molecule has 0 bridgehead atoms. The van der Waals surface area contributed by atoms with Crippen molar-refractivity contribution in [1.29, 1.82) is 0 Å². The van der Waals surface area contributed by atoms with Crippen LogP contribution in [0.2, 0.25) is 0 Å². The van der Waals surface area contributed by atoms with Gasteiger partial charge >= 0.3 is 0 Å². The lowest BCUT2D eigenvalue weighted by Crippen LogP contribution is -2.09. The zero-order valence-corrected chi connectivity index (χ0v) is 28.7. The Bertz CT molecular complexity index is 2840. The predicted molar refractivity (Wildman–Crippen MR) is 218 cm³/mol. The fraction of sp³-hybridized carbons (Fsp3) is 0. The van der Waals surface area contributed by atoms with E-state index in [0.29, 0.717) is 5.89 Å². The monoisotopic (exact) mass is 680 g/mol. The van der Waals surface area contributed by atoms with Gasteiger partial charge in [-0.1, -0.05) is 133 Å². The fourth-order valence-corrected chi connectivity index (χ4v) is 7.30. The molecule has 10 aromatic rings. The van der Waals surface area contributed by atoms with Crippen molar-refractivity contribution in [3.8, 4) is 44.8 Å². The SMILES string of the molecule is c1ccc(-c2ccc(-c3ccc(N(c4ccccc4)c4ccc(-c5c6nc(-c7ccccc7)oc6cc6c5oc5ccccc56)cc4)cc3)cc2)cc1. The van der Waals surface area contributed by atoms with Crippen molar-refractivity contribution in [1.82, 2.24) is 4.98 Å². The Morgan fingerprint density at radius 2 is 0.830 bits per heavy atom. The van der Waals surface area contributed by atoms with Crippen LogP contribution in [0.3, 0.4) is 0 Å². The number of fused-ring (bicyclic) bond motifs is 4. The molecular weight excluding hydrogens is 649 g/mol. The number of benzene rings is 8. The molecule has 0 spiro atoms. The number of aromatic nitrogens is 1. The topological polar surface area (TPSA) is 42.4 Å². The summed E-state index contributed by atoms with van der Waals surface area (Å²) in [5, 5.41) is 2.05. The highest BCUT2D eigenvalue weighted by molar-refractivity contribution is 6.16. The molecule has 53 heavy (non-hydrogen) atoms. The second kappa shape index (κ2) is 12.9. The Morgan fingerprint density at radius 3 is 1.45 bits per heavy atom. The molecule has 0 atom stereocenters. The molecule has 10 rings (SSSR count). The summed E-state index contributed by atoms with van der Waals surface area (Å²) in [5.74, 6) is 0.585. The van der Waals surface area contributed by atoms with Crippen LogP contribution in [0.5, 0.6) is 0 Å². The highest BCUT2D eigenvalue weighted by atomic mass is 16.4. The van der Waals surface area contributed by atoms with Crippen molar-refractivity contribution >= 4 is 50.1 Å². The lowest BCUT2D eigenvalue weighted by molar-refractivity contribution is 0.620. The van der Waals surface area contributed by atoms with Gasteiger partial charge in [0.15, 0.2) is 5.58 Å². The second-order valence-corrected chi connectivity index (χ2v) is 13.2. The number of para-hydroxylation sites is 2. The van der Waals surface area contributed by atoms with Gasteiger partial charge in [0.25, 0.3) is 0 Å². The Balaban J connectivity index is 1.05. The van der Waals surface area contributed by atoms with Gasteiger partial charge in [-0.05, 0) is 88.5 Å². The maximum Gasteiger partial charge on any atom is 0.227 e. The summed E-state index contributed by atoms with van der Waals surface area (Å²) in [6, 6.07) is 67.4. The quantitative estimate of drug-likeness (QED) is 0.168. The molecule has 0 radical (unpaired) electrons. The summed E-state index contributed by atoms with van der Waals surface area (Å²) >= 11 is 0. The fourth-order valence-electron chi connectivity index (χ4n) is 7.30. The summed E-state index contributed by atoms with van der Waals surface area (Å²) in [6.45, 7) is 0. The normalized spacial score (nSPS) is 11.4. The second-order valence-electron chi connectivity index (χ2n) is 13.2. The van der Waals surface area contributed by atoms with E-state index in [-0.39, 0.29) is 0 Å². The molecule has 0 amide bonds. The minimum atomic E-state index is 0.585. The first-order valence-corrected chi connectivity index (χ1v) is 17.8. The Hall–Kier alpha value is -7.17. The Labute approximate surface area is 306 Å². The molecule has 0 N–H and O–H groups in total. The maximum absolute atomic E-state index is 6.56. The average molecular weight is 681 g/mol. The van der Waals surface area contributed by atoms with Crippen LogP contribution in [0.1, 0.15) is 0 Å². The largest absolute Gasteiger partial charge is 0.455 e. The summed E-state index contributed by atoms with van der Waals surface area (Å²) < 4.78 is 13.0. The highest BCUT2D eigenvalue weighted by Crippen LogP contribution is 2.43. The standard InChI is InChI=1S/C49H32N2O2/c1-4-12-33(13-5-1)34-20-22-35(23-21-34)36-24-28-40(29-25-36)51(39-16-8-3-9-17-39)41-30-26-37(27-31-41)46-47-45(53-49(50-47)38-14-6-2-7-15-38)32-43-42-18-10-11-19-44(42)52-48(43)46/h1-32H. The van der Waals surface area contributed by atoms with Gasteiger partial charge in [0.2, 0.25) is 5.89 Å². The summed E-state index contributed by atoms with van der Waals surface area (Å²) in [6.07, 6.45) is 0. The number of furan rings is 1. The van der Waals surface area contributed by atoms with Gasteiger partial charge in [0, 0.05) is 33.4 Å². The third-order valence-corrected chi connectivity index (χ3v) is 9.93.